The van der Waals surface area contributed by atoms with Crippen LogP contribution in [-0.2, 0) is 16.1 Å². The quantitative estimate of drug-likeness (QED) is 0.604. The normalized spacial score (nSPS) is 23.1. The maximum absolute atomic E-state index is 12.2. The molecule has 0 bridgehead atoms. The molecule has 108 valence electrons. The average molecular weight is 272 g/mol. The van der Waals surface area contributed by atoms with E-state index in [0.29, 0.717) is 12.5 Å². The van der Waals surface area contributed by atoms with E-state index in [2.05, 4.69) is 33.8 Å². The Balaban J connectivity index is 1.97. The van der Waals surface area contributed by atoms with Crippen LogP contribution in [0, 0.1) is 24.2 Å². The van der Waals surface area contributed by atoms with Crippen molar-refractivity contribution in [3.8, 4) is 0 Å². The van der Waals surface area contributed by atoms with Gasteiger partial charge in [0.1, 0.15) is 6.61 Å². The zero-order valence-electron chi connectivity index (χ0n) is 13.1. The predicted molar refractivity (Wildman–Crippen MR) is 81.2 cm³/mol. The monoisotopic (exact) mass is 272 g/mol. The van der Waals surface area contributed by atoms with Crippen LogP contribution in [0.25, 0.3) is 0 Å². The van der Waals surface area contributed by atoms with Gasteiger partial charge in [-0.1, -0.05) is 49.8 Å². The largest absolute Gasteiger partial charge is 0.461 e. The standard InChI is InChI=1S/C18H24O2/c1-12(2)10-15-16(18(15,4)5)17(19)20-11-14-9-7-6-8-13(14)3/h6-10,15-16H,11H2,1-5H3/t15?,16-/m0/s1. The SMILES string of the molecule is CC(C)=CC1[C@@H](C(=O)OCc2ccccc2C)C1(C)C. The third-order valence-electron chi connectivity index (χ3n) is 4.31. The molecule has 1 aromatic carbocycles. The number of benzene rings is 1. The number of esters is 1. The van der Waals surface area contributed by atoms with Gasteiger partial charge in [-0.3, -0.25) is 4.79 Å². The van der Waals surface area contributed by atoms with Crippen LogP contribution in [0.3, 0.4) is 0 Å². The topological polar surface area (TPSA) is 26.3 Å². The lowest BCUT2D eigenvalue weighted by Crippen LogP contribution is -2.11. The summed E-state index contributed by atoms with van der Waals surface area (Å²) in [5.74, 6) is 0.249. The smallest absolute Gasteiger partial charge is 0.310 e. The van der Waals surface area contributed by atoms with Crippen molar-refractivity contribution >= 4 is 5.97 Å². The number of hydrogen-bond acceptors (Lipinski definition) is 2. The van der Waals surface area contributed by atoms with Gasteiger partial charge >= 0.3 is 5.97 Å². The molecule has 0 aliphatic heterocycles. The van der Waals surface area contributed by atoms with Gasteiger partial charge in [-0.25, -0.2) is 0 Å². The molecule has 0 saturated heterocycles. The van der Waals surface area contributed by atoms with Gasteiger partial charge in [-0.05, 0) is 43.2 Å². The van der Waals surface area contributed by atoms with E-state index < -0.39 is 0 Å². The van der Waals surface area contributed by atoms with Gasteiger partial charge in [0.25, 0.3) is 0 Å². The van der Waals surface area contributed by atoms with Crippen LogP contribution in [0.1, 0.15) is 38.8 Å². The molecule has 0 heterocycles. The van der Waals surface area contributed by atoms with Crippen LogP contribution in [0.5, 0.6) is 0 Å². The second-order valence-corrected chi connectivity index (χ2v) is 6.60. The van der Waals surface area contributed by atoms with Gasteiger partial charge in [-0.15, -0.1) is 0 Å². The van der Waals surface area contributed by atoms with Crippen LogP contribution in [0.15, 0.2) is 35.9 Å². The first-order valence-electron chi connectivity index (χ1n) is 7.20. The highest BCUT2D eigenvalue weighted by atomic mass is 16.5. The fourth-order valence-corrected chi connectivity index (χ4v) is 2.81. The van der Waals surface area contributed by atoms with E-state index in [0.717, 1.165) is 11.1 Å². The highest BCUT2D eigenvalue weighted by Gasteiger charge is 2.61. The van der Waals surface area contributed by atoms with E-state index in [9.17, 15) is 4.79 Å². The molecule has 0 N–H and O–H groups in total. The van der Waals surface area contributed by atoms with Gasteiger partial charge in [-0.2, -0.15) is 0 Å². The minimum Gasteiger partial charge on any atom is -0.461 e. The first kappa shape index (κ1) is 14.8. The Hall–Kier alpha value is -1.57. The lowest BCUT2D eigenvalue weighted by Gasteiger charge is -2.08. The molecule has 1 saturated carbocycles. The molecule has 1 aliphatic carbocycles. The number of carbonyl (C=O) groups excluding carboxylic acids is 1. The van der Waals surface area contributed by atoms with Gasteiger partial charge in [0, 0.05) is 0 Å². The Labute approximate surface area is 121 Å². The van der Waals surface area contributed by atoms with Crippen LogP contribution in [0.4, 0.5) is 0 Å². The predicted octanol–water partition coefficient (Wildman–Crippen LogP) is 4.28. The van der Waals surface area contributed by atoms with Crippen molar-refractivity contribution < 1.29 is 9.53 Å². The molecule has 1 aromatic rings. The number of carbonyl (C=O) groups is 1. The van der Waals surface area contributed by atoms with Crippen molar-refractivity contribution in [2.45, 2.75) is 41.2 Å². The molecule has 1 aliphatic rings. The fourth-order valence-electron chi connectivity index (χ4n) is 2.81. The fraction of sp³-hybridized carbons (Fsp3) is 0.500. The van der Waals surface area contributed by atoms with Crippen molar-refractivity contribution in [1.29, 1.82) is 0 Å². The molecule has 20 heavy (non-hydrogen) atoms. The van der Waals surface area contributed by atoms with Crippen LogP contribution >= 0.6 is 0 Å². The van der Waals surface area contributed by atoms with Crippen molar-refractivity contribution in [3.05, 3.63) is 47.0 Å². The van der Waals surface area contributed by atoms with E-state index >= 15 is 0 Å². The first-order valence-corrected chi connectivity index (χ1v) is 7.20. The van der Waals surface area contributed by atoms with Gasteiger partial charge in [0.2, 0.25) is 0 Å². The summed E-state index contributed by atoms with van der Waals surface area (Å²) in [7, 11) is 0. The van der Waals surface area contributed by atoms with Crippen LogP contribution < -0.4 is 0 Å². The third-order valence-corrected chi connectivity index (χ3v) is 4.31. The Kier molecular flexibility index (Phi) is 4.03. The molecular weight excluding hydrogens is 248 g/mol. The molecular formula is C18H24O2. The third kappa shape index (κ3) is 2.95. The summed E-state index contributed by atoms with van der Waals surface area (Å²) in [4.78, 5) is 12.2. The Morgan fingerprint density at radius 1 is 1.30 bits per heavy atom. The minimum absolute atomic E-state index is 0.00131. The molecule has 0 aromatic heterocycles. The molecule has 2 heteroatoms. The summed E-state index contributed by atoms with van der Waals surface area (Å²) >= 11 is 0. The van der Waals surface area contributed by atoms with Gasteiger partial charge in [0.15, 0.2) is 0 Å². The lowest BCUT2D eigenvalue weighted by atomic mass is 10.1. The Morgan fingerprint density at radius 2 is 1.95 bits per heavy atom. The second-order valence-electron chi connectivity index (χ2n) is 6.60. The molecule has 0 amide bonds. The summed E-state index contributed by atoms with van der Waals surface area (Å²) in [5.41, 5.74) is 3.53. The average Bonchev–Trinajstić information content (AvgIpc) is 2.88. The number of aryl methyl sites for hydroxylation is 1. The van der Waals surface area contributed by atoms with Crippen molar-refractivity contribution in [2.75, 3.05) is 0 Å². The molecule has 1 unspecified atom stereocenters. The number of rotatable bonds is 4. The summed E-state index contributed by atoms with van der Waals surface area (Å²) in [5, 5.41) is 0. The minimum atomic E-state index is -0.0687. The Morgan fingerprint density at radius 3 is 2.55 bits per heavy atom. The van der Waals surface area contributed by atoms with Gasteiger partial charge < -0.3 is 4.74 Å². The molecule has 2 nitrogen and oxygen atoms in total. The highest BCUT2D eigenvalue weighted by molar-refractivity contribution is 5.78. The molecule has 1 fully saturated rings. The van der Waals surface area contributed by atoms with Crippen LogP contribution in [-0.4, -0.2) is 5.97 Å². The van der Waals surface area contributed by atoms with Crippen molar-refractivity contribution in [3.63, 3.8) is 0 Å². The van der Waals surface area contributed by atoms with Crippen LogP contribution in [0.2, 0.25) is 0 Å². The van der Waals surface area contributed by atoms with E-state index in [1.165, 1.54) is 5.57 Å². The maximum Gasteiger partial charge on any atom is 0.310 e. The van der Waals surface area contributed by atoms with E-state index in [4.69, 9.17) is 4.74 Å². The van der Waals surface area contributed by atoms with Crippen molar-refractivity contribution in [1.82, 2.24) is 0 Å². The van der Waals surface area contributed by atoms with Crippen molar-refractivity contribution in [2.24, 2.45) is 17.3 Å². The summed E-state index contributed by atoms with van der Waals surface area (Å²) < 4.78 is 5.51. The highest BCUT2D eigenvalue weighted by Crippen LogP contribution is 2.59. The molecule has 2 atom stereocenters. The summed E-state index contributed by atoms with van der Waals surface area (Å²) in [6.07, 6.45) is 2.19. The summed E-state index contributed by atoms with van der Waals surface area (Å²) in [6.45, 7) is 10.8. The van der Waals surface area contributed by atoms with E-state index in [-0.39, 0.29) is 17.3 Å². The second kappa shape index (κ2) is 5.43. The van der Waals surface area contributed by atoms with E-state index in [1.807, 2.05) is 31.2 Å². The lowest BCUT2D eigenvalue weighted by molar-refractivity contribution is -0.147. The van der Waals surface area contributed by atoms with E-state index in [1.54, 1.807) is 0 Å². The zero-order chi connectivity index (χ0) is 14.9. The number of allylic oxidation sites excluding steroid dienone is 2. The first-order chi connectivity index (χ1) is 9.34. The van der Waals surface area contributed by atoms with Gasteiger partial charge in [0.05, 0.1) is 5.92 Å². The maximum atomic E-state index is 12.2. The molecule has 0 spiro atoms. The Bertz CT molecular complexity index is 536. The number of hydrogen-bond donors (Lipinski definition) is 0. The number of ether oxygens (including phenoxy) is 1. The zero-order valence-corrected chi connectivity index (χ0v) is 13.1. The molecule has 0 radical (unpaired) electrons. The summed E-state index contributed by atoms with van der Waals surface area (Å²) in [6, 6.07) is 8.02. The molecule has 2 rings (SSSR count).